The summed E-state index contributed by atoms with van der Waals surface area (Å²) < 4.78 is 30.3. The molecule has 0 radical (unpaired) electrons. The first-order valence-corrected chi connectivity index (χ1v) is 13.2. The highest BCUT2D eigenvalue weighted by molar-refractivity contribution is 7.91. The number of nitrogens with one attached hydrogen (secondary N) is 2. The quantitative estimate of drug-likeness (QED) is 0.346. The highest BCUT2D eigenvalue weighted by Crippen LogP contribution is 2.33. The van der Waals surface area contributed by atoms with Crippen LogP contribution in [-0.2, 0) is 21.2 Å². The molecule has 2 aromatic carbocycles. The maximum atomic E-state index is 11.8. The number of carbonyl (C=O) groups is 1. The third kappa shape index (κ3) is 6.49. The molecule has 0 aliphatic rings. The van der Waals surface area contributed by atoms with Crippen LogP contribution in [0.4, 0.5) is 11.5 Å². The lowest BCUT2D eigenvalue weighted by Gasteiger charge is -2.13. The molecule has 1 amide bonds. The highest BCUT2D eigenvalue weighted by atomic mass is 35.5. The fourth-order valence-electron chi connectivity index (χ4n) is 3.52. The van der Waals surface area contributed by atoms with E-state index in [1.54, 1.807) is 12.1 Å². The Labute approximate surface area is 208 Å². The van der Waals surface area contributed by atoms with Gasteiger partial charge < -0.3 is 19.9 Å². The predicted octanol–water partition coefficient (Wildman–Crippen LogP) is 4.09. The van der Waals surface area contributed by atoms with Gasteiger partial charge in [0.2, 0.25) is 5.91 Å². The lowest BCUT2D eigenvalue weighted by atomic mass is 10.2. The number of aryl methyl sites for hydroxylation is 1. The molecule has 182 valence electrons. The van der Waals surface area contributed by atoms with Crippen molar-refractivity contribution in [2.45, 2.75) is 13.5 Å². The Bertz CT molecular complexity index is 1490. The van der Waals surface area contributed by atoms with Crippen LogP contribution in [-0.4, -0.2) is 47.4 Å². The van der Waals surface area contributed by atoms with E-state index in [-0.39, 0.29) is 6.54 Å². The van der Waals surface area contributed by atoms with Crippen molar-refractivity contribution in [1.82, 2.24) is 19.9 Å². The van der Waals surface area contributed by atoms with E-state index < -0.39 is 21.5 Å². The number of halogens is 1. The molecule has 0 saturated carbocycles. The minimum Gasteiger partial charge on any atom is -0.456 e. The summed E-state index contributed by atoms with van der Waals surface area (Å²) in [7, 11) is -3.38. The number of aromatic nitrogens is 3. The second-order valence-electron chi connectivity index (χ2n) is 8.07. The zero-order chi connectivity index (χ0) is 25.0. The average Bonchev–Trinajstić information content (AvgIpc) is 3.19. The number of sulfone groups is 1. The van der Waals surface area contributed by atoms with Gasteiger partial charge in [0.05, 0.1) is 10.5 Å². The summed E-state index contributed by atoms with van der Waals surface area (Å²) in [5.41, 5.74) is 3.25. The molecular weight excluding hydrogens is 490 g/mol. The molecule has 0 aliphatic carbocycles. The molecule has 0 fully saturated rings. The number of fused-ring (bicyclic) bond motifs is 1. The molecule has 2 N–H and O–H groups in total. The van der Waals surface area contributed by atoms with E-state index in [0.29, 0.717) is 34.6 Å². The zero-order valence-corrected chi connectivity index (χ0v) is 20.7. The molecule has 2 heterocycles. The average molecular weight is 514 g/mol. The number of carbonyl (C=O) groups excluding carboxylic acids is 1. The highest BCUT2D eigenvalue weighted by Gasteiger charge is 2.13. The van der Waals surface area contributed by atoms with Gasteiger partial charge in [0.1, 0.15) is 29.1 Å². The lowest BCUT2D eigenvalue weighted by molar-refractivity contribution is -0.118. The summed E-state index contributed by atoms with van der Waals surface area (Å²) in [5, 5.41) is 6.32. The topological polar surface area (TPSA) is 115 Å². The van der Waals surface area contributed by atoms with Crippen molar-refractivity contribution in [1.29, 1.82) is 0 Å². The third-order valence-corrected chi connectivity index (χ3v) is 6.11. The summed E-state index contributed by atoms with van der Waals surface area (Å²) in [4.78, 5) is 20.5. The summed E-state index contributed by atoms with van der Waals surface area (Å²) in [6.07, 6.45) is 4.31. The standard InChI is InChI=1S/C24H24ClN5O4S/c1-16-4-3-5-18(12-16)34-21-7-6-17(13-19(21)25)29-24-23-20(27-15-28-24)8-10-30(23)11-9-26-22(31)14-35(2,32)33/h3-8,10,12-13,15H,9,11,14H2,1-2H3,(H,26,31)(H,27,28,29). The van der Waals surface area contributed by atoms with Crippen molar-refractivity contribution >= 4 is 49.9 Å². The smallest absolute Gasteiger partial charge is 0.235 e. The Morgan fingerprint density at radius 3 is 2.71 bits per heavy atom. The SMILES string of the molecule is Cc1cccc(Oc2ccc(Nc3ncnc4ccn(CCNC(=O)CS(C)(=O)=O)c34)cc2Cl)c1. The minimum absolute atomic E-state index is 0.253. The van der Waals surface area contributed by atoms with Gasteiger partial charge in [-0.1, -0.05) is 23.7 Å². The molecule has 35 heavy (non-hydrogen) atoms. The first-order chi connectivity index (χ1) is 16.7. The van der Waals surface area contributed by atoms with Gasteiger partial charge in [0.15, 0.2) is 15.7 Å². The molecule has 0 aliphatic heterocycles. The van der Waals surface area contributed by atoms with Crippen molar-refractivity contribution in [2.24, 2.45) is 0 Å². The van der Waals surface area contributed by atoms with Crippen molar-refractivity contribution in [3.8, 4) is 11.5 Å². The van der Waals surface area contributed by atoms with Gasteiger partial charge >= 0.3 is 0 Å². The molecular formula is C24H24ClN5O4S. The summed E-state index contributed by atoms with van der Waals surface area (Å²) in [5.74, 6) is 0.710. The van der Waals surface area contributed by atoms with Gasteiger partial charge in [-0.05, 0) is 48.9 Å². The number of nitrogens with zero attached hydrogens (tertiary/aromatic N) is 3. The number of benzene rings is 2. The first kappa shape index (κ1) is 24.5. The zero-order valence-electron chi connectivity index (χ0n) is 19.2. The van der Waals surface area contributed by atoms with Crippen LogP contribution in [0.3, 0.4) is 0 Å². The second-order valence-corrected chi connectivity index (χ2v) is 10.6. The lowest BCUT2D eigenvalue weighted by Crippen LogP contribution is -2.32. The molecule has 4 rings (SSSR count). The van der Waals surface area contributed by atoms with Crippen LogP contribution in [0.15, 0.2) is 61.1 Å². The number of hydrogen-bond acceptors (Lipinski definition) is 7. The van der Waals surface area contributed by atoms with Crippen molar-refractivity contribution in [2.75, 3.05) is 23.9 Å². The van der Waals surface area contributed by atoms with E-state index in [9.17, 15) is 13.2 Å². The van der Waals surface area contributed by atoms with E-state index >= 15 is 0 Å². The van der Waals surface area contributed by atoms with Crippen LogP contribution in [0.2, 0.25) is 5.02 Å². The van der Waals surface area contributed by atoms with E-state index in [1.807, 2.05) is 54.1 Å². The van der Waals surface area contributed by atoms with E-state index in [0.717, 1.165) is 22.9 Å². The third-order valence-electron chi connectivity index (χ3n) is 5.03. The van der Waals surface area contributed by atoms with E-state index in [2.05, 4.69) is 20.6 Å². The molecule has 9 nitrogen and oxygen atoms in total. The Balaban J connectivity index is 1.49. The van der Waals surface area contributed by atoms with Gasteiger partial charge in [0, 0.05) is 31.2 Å². The van der Waals surface area contributed by atoms with Crippen LogP contribution in [0.25, 0.3) is 11.0 Å². The van der Waals surface area contributed by atoms with Crippen LogP contribution in [0.1, 0.15) is 5.56 Å². The van der Waals surface area contributed by atoms with E-state index in [1.165, 1.54) is 6.33 Å². The maximum Gasteiger partial charge on any atom is 0.235 e. The predicted molar refractivity (Wildman–Crippen MR) is 136 cm³/mol. The van der Waals surface area contributed by atoms with Crippen LogP contribution in [0, 0.1) is 6.92 Å². The summed E-state index contributed by atoms with van der Waals surface area (Å²) >= 11 is 6.47. The van der Waals surface area contributed by atoms with Gasteiger partial charge in [-0.2, -0.15) is 0 Å². The molecule has 0 unspecified atom stereocenters. The normalized spacial score (nSPS) is 11.4. The van der Waals surface area contributed by atoms with Crippen LogP contribution in [0.5, 0.6) is 11.5 Å². The fraction of sp³-hybridized carbons (Fsp3) is 0.208. The van der Waals surface area contributed by atoms with Gasteiger partial charge in [0.25, 0.3) is 0 Å². The summed E-state index contributed by atoms with van der Waals surface area (Å²) in [6, 6.07) is 14.9. The molecule has 11 heteroatoms. The Morgan fingerprint density at radius 2 is 1.97 bits per heavy atom. The Hall–Kier alpha value is -3.63. The van der Waals surface area contributed by atoms with Gasteiger partial charge in [-0.25, -0.2) is 18.4 Å². The monoisotopic (exact) mass is 513 g/mol. The molecule has 4 aromatic rings. The van der Waals surface area contributed by atoms with Gasteiger partial charge in [-0.3, -0.25) is 4.79 Å². The maximum absolute atomic E-state index is 11.8. The second kappa shape index (κ2) is 10.3. The molecule has 2 aromatic heterocycles. The van der Waals surface area contributed by atoms with Crippen molar-refractivity contribution < 1.29 is 17.9 Å². The Morgan fingerprint density at radius 1 is 1.14 bits per heavy atom. The molecule has 0 atom stereocenters. The Kier molecular flexibility index (Phi) is 7.23. The number of hydrogen-bond donors (Lipinski definition) is 2. The number of ether oxygens (including phenoxy) is 1. The van der Waals surface area contributed by atoms with Crippen LogP contribution >= 0.6 is 11.6 Å². The molecule has 0 bridgehead atoms. The first-order valence-electron chi connectivity index (χ1n) is 10.7. The van der Waals surface area contributed by atoms with Crippen molar-refractivity contribution in [3.63, 3.8) is 0 Å². The van der Waals surface area contributed by atoms with Gasteiger partial charge in [-0.15, -0.1) is 0 Å². The van der Waals surface area contributed by atoms with Crippen LogP contribution < -0.4 is 15.4 Å². The number of rotatable bonds is 9. The molecule has 0 saturated heterocycles. The number of anilines is 2. The summed E-state index contributed by atoms with van der Waals surface area (Å²) in [6.45, 7) is 2.65. The largest absolute Gasteiger partial charge is 0.456 e. The van der Waals surface area contributed by atoms with Crippen molar-refractivity contribution in [3.05, 3.63) is 71.6 Å². The van der Waals surface area contributed by atoms with E-state index in [4.69, 9.17) is 16.3 Å². The fourth-order valence-corrected chi connectivity index (χ4v) is 4.32. The minimum atomic E-state index is -3.38. The number of amides is 1. The molecule has 0 spiro atoms.